The van der Waals surface area contributed by atoms with Crippen LogP contribution in [0.2, 0.25) is 0 Å². The van der Waals surface area contributed by atoms with Crippen molar-refractivity contribution in [3.8, 4) is 0 Å². The average Bonchev–Trinajstić information content (AvgIpc) is 2.62. The third kappa shape index (κ3) is 1.97. The predicted octanol–water partition coefficient (Wildman–Crippen LogP) is 1.58. The highest BCUT2D eigenvalue weighted by molar-refractivity contribution is 5.84. The summed E-state index contributed by atoms with van der Waals surface area (Å²) in [4.78, 5) is 10.8. The van der Waals surface area contributed by atoms with Crippen LogP contribution in [-0.2, 0) is 18.3 Å². The minimum Gasteiger partial charge on any atom is -0.480 e. The van der Waals surface area contributed by atoms with Crippen LogP contribution >= 0.6 is 0 Å². The van der Waals surface area contributed by atoms with E-state index in [-0.39, 0.29) is 12.2 Å². The molecule has 1 unspecified atom stereocenters. The largest absolute Gasteiger partial charge is 0.480 e. The van der Waals surface area contributed by atoms with Crippen molar-refractivity contribution < 1.29 is 14.3 Å². The van der Waals surface area contributed by atoms with Crippen molar-refractivity contribution in [2.75, 3.05) is 0 Å². The van der Waals surface area contributed by atoms with Gasteiger partial charge in [0, 0.05) is 30.1 Å². The Morgan fingerprint density at radius 1 is 1.56 bits per heavy atom. The Hall–Kier alpha value is -1.88. The number of carbonyl (C=O) groups is 1. The maximum atomic E-state index is 13.5. The van der Waals surface area contributed by atoms with Crippen LogP contribution in [0, 0.1) is 12.7 Å². The molecule has 4 nitrogen and oxygen atoms in total. The molecule has 1 heterocycles. The summed E-state index contributed by atoms with van der Waals surface area (Å²) >= 11 is 0. The quantitative estimate of drug-likeness (QED) is 0.869. The number of carboxylic acid groups (broad SMARTS) is 1. The molecule has 0 saturated carbocycles. The van der Waals surface area contributed by atoms with Gasteiger partial charge in [-0.05, 0) is 25.1 Å². The molecule has 3 N–H and O–H groups in total. The van der Waals surface area contributed by atoms with Gasteiger partial charge in [0.15, 0.2) is 0 Å². The number of aromatic nitrogens is 1. The molecule has 0 spiro atoms. The first kappa shape index (κ1) is 12.6. The molecule has 2 rings (SSSR count). The number of benzene rings is 1. The van der Waals surface area contributed by atoms with E-state index in [1.165, 1.54) is 6.07 Å². The van der Waals surface area contributed by atoms with Crippen LogP contribution < -0.4 is 5.73 Å². The van der Waals surface area contributed by atoms with Crippen LogP contribution in [0.15, 0.2) is 18.2 Å². The van der Waals surface area contributed by atoms with Gasteiger partial charge in [0.1, 0.15) is 11.9 Å². The maximum absolute atomic E-state index is 13.5. The van der Waals surface area contributed by atoms with Crippen LogP contribution in [0.25, 0.3) is 10.9 Å². The number of carboxylic acids is 1. The Bertz CT molecular complexity index is 619. The smallest absolute Gasteiger partial charge is 0.320 e. The van der Waals surface area contributed by atoms with Gasteiger partial charge in [0.25, 0.3) is 0 Å². The van der Waals surface area contributed by atoms with Gasteiger partial charge in [0.05, 0.1) is 5.52 Å². The molecule has 5 heteroatoms. The summed E-state index contributed by atoms with van der Waals surface area (Å²) in [7, 11) is 1.79. The summed E-state index contributed by atoms with van der Waals surface area (Å²) in [5.74, 6) is -1.30. The monoisotopic (exact) mass is 250 g/mol. The molecule has 1 atom stereocenters. The molecular weight excluding hydrogens is 235 g/mol. The molecular formula is C13H15FN2O2. The number of fused-ring (bicyclic) bond motifs is 1. The standard InChI is InChI=1S/C13H15FN2O2/c1-7-10(14)4-3-8-5-9(16(2)12(7)8)6-11(15)13(17)18/h3-5,11H,6,15H2,1-2H3,(H,17,18). The Labute approximate surface area is 104 Å². The van der Waals surface area contributed by atoms with Crippen molar-refractivity contribution in [2.45, 2.75) is 19.4 Å². The van der Waals surface area contributed by atoms with Crippen molar-refractivity contribution in [3.05, 3.63) is 35.3 Å². The molecule has 0 saturated heterocycles. The van der Waals surface area contributed by atoms with Crippen LogP contribution in [0.4, 0.5) is 4.39 Å². The van der Waals surface area contributed by atoms with Crippen molar-refractivity contribution in [1.82, 2.24) is 4.57 Å². The minimum atomic E-state index is -1.04. The molecule has 0 aliphatic rings. The molecule has 1 aromatic carbocycles. The van der Waals surface area contributed by atoms with E-state index >= 15 is 0 Å². The van der Waals surface area contributed by atoms with E-state index < -0.39 is 12.0 Å². The average molecular weight is 250 g/mol. The molecule has 0 amide bonds. The summed E-state index contributed by atoms with van der Waals surface area (Å²) < 4.78 is 15.3. The minimum absolute atomic E-state index is 0.224. The second-order valence-electron chi connectivity index (χ2n) is 4.45. The van der Waals surface area contributed by atoms with Gasteiger partial charge < -0.3 is 15.4 Å². The van der Waals surface area contributed by atoms with Crippen LogP contribution in [-0.4, -0.2) is 21.7 Å². The molecule has 0 bridgehead atoms. The van der Waals surface area contributed by atoms with Crippen molar-refractivity contribution in [2.24, 2.45) is 12.8 Å². The number of halogens is 1. The second kappa shape index (κ2) is 4.42. The van der Waals surface area contributed by atoms with E-state index in [1.807, 2.05) is 6.07 Å². The number of nitrogens with zero attached hydrogens (tertiary/aromatic N) is 1. The Morgan fingerprint density at radius 2 is 2.22 bits per heavy atom. The fourth-order valence-corrected chi connectivity index (χ4v) is 2.19. The van der Waals surface area contributed by atoms with E-state index in [0.717, 1.165) is 16.6 Å². The van der Waals surface area contributed by atoms with E-state index in [0.29, 0.717) is 5.56 Å². The lowest BCUT2D eigenvalue weighted by Gasteiger charge is -2.08. The third-order valence-electron chi connectivity index (χ3n) is 3.23. The second-order valence-corrected chi connectivity index (χ2v) is 4.45. The fraction of sp³-hybridized carbons (Fsp3) is 0.308. The molecule has 96 valence electrons. The third-order valence-corrected chi connectivity index (χ3v) is 3.23. The van der Waals surface area contributed by atoms with Crippen LogP contribution in [0.3, 0.4) is 0 Å². The predicted molar refractivity (Wildman–Crippen MR) is 66.9 cm³/mol. The fourth-order valence-electron chi connectivity index (χ4n) is 2.19. The lowest BCUT2D eigenvalue weighted by Crippen LogP contribution is -2.32. The van der Waals surface area contributed by atoms with Crippen LogP contribution in [0.5, 0.6) is 0 Å². The van der Waals surface area contributed by atoms with Gasteiger partial charge in [-0.1, -0.05) is 0 Å². The van der Waals surface area contributed by atoms with E-state index in [2.05, 4.69) is 0 Å². The molecule has 2 aromatic rings. The number of aryl methyl sites for hydroxylation is 2. The first-order chi connectivity index (χ1) is 8.41. The SMILES string of the molecule is Cc1c(F)ccc2cc(CC(N)C(=O)O)n(C)c12. The molecule has 1 aromatic heterocycles. The zero-order valence-electron chi connectivity index (χ0n) is 10.3. The van der Waals surface area contributed by atoms with Gasteiger partial charge in [-0.15, -0.1) is 0 Å². The number of hydrogen-bond donors (Lipinski definition) is 2. The molecule has 0 aliphatic heterocycles. The number of aliphatic carboxylic acids is 1. The van der Waals surface area contributed by atoms with Gasteiger partial charge in [0.2, 0.25) is 0 Å². The normalized spacial score (nSPS) is 12.9. The van der Waals surface area contributed by atoms with E-state index in [9.17, 15) is 9.18 Å². The molecule has 0 fully saturated rings. The summed E-state index contributed by atoms with van der Waals surface area (Å²) in [6, 6.07) is 4.01. The van der Waals surface area contributed by atoms with Gasteiger partial charge in [-0.3, -0.25) is 4.79 Å². The Morgan fingerprint density at radius 3 is 2.83 bits per heavy atom. The first-order valence-corrected chi connectivity index (χ1v) is 5.63. The Balaban J connectivity index is 2.51. The summed E-state index contributed by atoms with van der Waals surface area (Å²) in [6.45, 7) is 1.71. The van der Waals surface area contributed by atoms with Gasteiger partial charge >= 0.3 is 5.97 Å². The number of nitrogens with two attached hydrogens (primary N) is 1. The van der Waals surface area contributed by atoms with Gasteiger partial charge in [-0.2, -0.15) is 0 Å². The van der Waals surface area contributed by atoms with Crippen LogP contribution in [0.1, 0.15) is 11.3 Å². The topological polar surface area (TPSA) is 68.2 Å². The zero-order valence-corrected chi connectivity index (χ0v) is 10.3. The van der Waals surface area contributed by atoms with E-state index in [1.54, 1.807) is 24.6 Å². The summed E-state index contributed by atoms with van der Waals surface area (Å²) in [6.07, 6.45) is 0.224. The Kier molecular flexibility index (Phi) is 3.09. The zero-order chi connectivity index (χ0) is 13.4. The highest BCUT2D eigenvalue weighted by Crippen LogP contribution is 2.24. The lowest BCUT2D eigenvalue weighted by atomic mass is 10.1. The lowest BCUT2D eigenvalue weighted by molar-refractivity contribution is -0.138. The summed E-state index contributed by atoms with van der Waals surface area (Å²) in [5.41, 5.74) is 7.65. The van der Waals surface area contributed by atoms with Crippen molar-refractivity contribution in [1.29, 1.82) is 0 Å². The molecule has 0 radical (unpaired) electrons. The molecule has 18 heavy (non-hydrogen) atoms. The summed E-state index contributed by atoms with van der Waals surface area (Å²) in [5, 5.41) is 9.71. The maximum Gasteiger partial charge on any atom is 0.320 e. The van der Waals surface area contributed by atoms with Crippen molar-refractivity contribution >= 4 is 16.9 Å². The van der Waals surface area contributed by atoms with Gasteiger partial charge in [-0.25, -0.2) is 4.39 Å². The molecule has 0 aliphatic carbocycles. The highest BCUT2D eigenvalue weighted by atomic mass is 19.1. The highest BCUT2D eigenvalue weighted by Gasteiger charge is 2.17. The first-order valence-electron chi connectivity index (χ1n) is 5.63. The van der Waals surface area contributed by atoms with E-state index in [4.69, 9.17) is 10.8 Å². The number of rotatable bonds is 3. The van der Waals surface area contributed by atoms with Crippen molar-refractivity contribution in [3.63, 3.8) is 0 Å². The number of hydrogen-bond acceptors (Lipinski definition) is 2.